The van der Waals surface area contributed by atoms with Gasteiger partial charge in [-0.05, 0) is 72.4 Å². The van der Waals surface area contributed by atoms with Crippen molar-refractivity contribution in [3.8, 4) is 11.5 Å². The number of allylic oxidation sites excluding steroid dienone is 1. The van der Waals surface area contributed by atoms with Crippen LogP contribution in [-0.4, -0.2) is 24.4 Å². The van der Waals surface area contributed by atoms with E-state index >= 15 is 0 Å². The summed E-state index contributed by atoms with van der Waals surface area (Å²) in [6.45, 7) is 14.2. The molecular weight excluding hydrogens is 312 g/mol. The SMILES string of the molecule is CCOC(C)(C)CC/C(C)=C/CCOc1ccc2c(c1)OC(C)(C)C2. The van der Waals surface area contributed by atoms with Crippen molar-refractivity contribution in [1.29, 1.82) is 0 Å². The first-order chi connectivity index (χ1) is 11.7. The average molecular weight is 347 g/mol. The lowest BCUT2D eigenvalue weighted by Crippen LogP contribution is -2.24. The third-order valence-corrected chi connectivity index (χ3v) is 4.58. The van der Waals surface area contributed by atoms with Gasteiger partial charge in [0.05, 0.1) is 12.2 Å². The molecule has 0 bridgehead atoms. The van der Waals surface area contributed by atoms with Gasteiger partial charge in [-0.3, -0.25) is 0 Å². The lowest BCUT2D eigenvalue weighted by molar-refractivity contribution is -0.0158. The maximum atomic E-state index is 5.96. The summed E-state index contributed by atoms with van der Waals surface area (Å²) in [7, 11) is 0. The largest absolute Gasteiger partial charge is 0.493 e. The van der Waals surface area contributed by atoms with E-state index in [2.05, 4.69) is 46.8 Å². The summed E-state index contributed by atoms with van der Waals surface area (Å²) in [6.07, 6.45) is 6.26. The van der Waals surface area contributed by atoms with Crippen LogP contribution in [0.15, 0.2) is 29.8 Å². The standard InChI is InChI=1S/C22H34O3/c1-7-24-21(3,4)13-12-17(2)9-8-14-23-19-11-10-18-16-22(5,6)25-20(18)15-19/h9-11,15H,7-8,12-14,16H2,1-6H3/b17-9+. The summed E-state index contributed by atoms with van der Waals surface area (Å²) in [6, 6.07) is 6.19. The molecule has 0 fully saturated rings. The Balaban J connectivity index is 1.74. The summed E-state index contributed by atoms with van der Waals surface area (Å²) in [5.41, 5.74) is 2.52. The molecule has 140 valence electrons. The second-order valence-corrected chi connectivity index (χ2v) is 8.19. The van der Waals surface area contributed by atoms with Crippen LogP contribution in [0.5, 0.6) is 11.5 Å². The molecule has 0 saturated heterocycles. The van der Waals surface area contributed by atoms with Crippen molar-refractivity contribution < 1.29 is 14.2 Å². The normalized spacial score (nSPS) is 16.5. The Morgan fingerprint density at radius 2 is 2.08 bits per heavy atom. The number of hydrogen-bond acceptors (Lipinski definition) is 3. The molecule has 1 aliphatic rings. The maximum Gasteiger partial charge on any atom is 0.127 e. The van der Waals surface area contributed by atoms with E-state index in [1.54, 1.807) is 0 Å². The lowest BCUT2D eigenvalue weighted by Gasteiger charge is -2.24. The zero-order valence-electron chi connectivity index (χ0n) is 16.8. The van der Waals surface area contributed by atoms with E-state index in [1.165, 1.54) is 11.1 Å². The van der Waals surface area contributed by atoms with Crippen molar-refractivity contribution in [3.63, 3.8) is 0 Å². The van der Waals surface area contributed by atoms with Crippen molar-refractivity contribution in [2.75, 3.05) is 13.2 Å². The first-order valence-electron chi connectivity index (χ1n) is 9.45. The van der Waals surface area contributed by atoms with Gasteiger partial charge in [-0.15, -0.1) is 0 Å². The van der Waals surface area contributed by atoms with E-state index in [9.17, 15) is 0 Å². The Labute approximate surface area is 153 Å². The number of hydrogen-bond donors (Lipinski definition) is 0. The highest BCUT2D eigenvalue weighted by Crippen LogP contribution is 2.37. The average Bonchev–Trinajstić information content (AvgIpc) is 2.82. The van der Waals surface area contributed by atoms with Crippen LogP contribution >= 0.6 is 0 Å². The molecule has 3 heteroatoms. The molecule has 0 N–H and O–H groups in total. The van der Waals surface area contributed by atoms with Gasteiger partial charge in [0.2, 0.25) is 0 Å². The minimum absolute atomic E-state index is 0.0431. The van der Waals surface area contributed by atoms with Gasteiger partial charge in [0.15, 0.2) is 0 Å². The molecule has 1 aliphatic heterocycles. The van der Waals surface area contributed by atoms with E-state index in [0.717, 1.165) is 43.8 Å². The molecule has 1 heterocycles. The third-order valence-electron chi connectivity index (χ3n) is 4.58. The van der Waals surface area contributed by atoms with Crippen LogP contribution in [0.1, 0.15) is 66.4 Å². The molecule has 0 unspecified atom stereocenters. The van der Waals surface area contributed by atoms with Crippen LogP contribution in [0.3, 0.4) is 0 Å². The fourth-order valence-electron chi connectivity index (χ4n) is 3.20. The molecule has 0 radical (unpaired) electrons. The van der Waals surface area contributed by atoms with Crippen LogP contribution in [0.2, 0.25) is 0 Å². The molecule has 2 rings (SSSR count). The highest BCUT2D eigenvalue weighted by molar-refractivity contribution is 5.44. The Hall–Kier alpha value is -1.48. The van der Waals surface area contributed by atoms with Crippen molar-refractivity contribution >= 4 is 0 Å². The van der Waals surface area contributed by atoms with E-state index < -0.39 is 0 Å². The summed E-state index contributed by atoms with van der Waals surface area (Å²) >= 11 is 0. The van der Waals surface area contributed by atoms with Crippen LogP contribution < -0.4 is 9.47 Å². The summed E-state index contributed by atoms with van der Waals surface area (Å²) < 4.78 is 17.6. The Bertz CT molecular complexity index is 599. The minimum Gasteiger partial charge on any atom is -0.493 e. The molecule has 0 aromatic heterocycles. The van der Waals surface area contributed by atoms with Crippen LogP contribution in [-0.2, 0) is 11.2 Å². The monoisotopic (exact) mass is 346 g/mol. The molecular formula is C22H34O3. The Morgan fingerprint density at radius 1 is 1.32 bits per heavy atom. The summed E-state index contributed by atoms with van der Waals surface area (Å²) in [4.78, 5) is 0. The molecule has 3 nitrogen and oxygen atoms in total. The van der Waals surface area contributed by atoms with Gasteiger partial charge in [0, 0.05) is 19.1 Å². The van der Waals surface area contributed by atoms with Crippen LogP contribution in [0.25, 0.3) is 0 Å². The molecule has 0 saturated carbocycles. The second kappa shape index (κ2) is 8.27. The van der Waals surface area contributed by atoms with E-state index in [1.807, 2.05) is 19.1 Å². The zero-order valence-corrected chi connectivity index (χ0v) is 16.8. The van der Waals surface area contributed by atoms with Crippen molar-refractivity contribution in [2.45, 2.75) is 78.4 Å². The van der Waals surface area contributed by atoms with E-state index in [-0.39, 0.29) is 11.2 Å². The number of ether oxygens (including phenoxy) is 3. The predicted molar refractivity (Wildman–Crippen MR) is 104 cm³/mol. The lowest BCUT2D eigenvalue weighted by atomic mass is 9.98. The van der Waals surface area contributed by atoms with E-state index in [0.29, 0.717) is 6.61 Å². The second-order valence-electron chi connectivity index (χ2n) is 8.19. The van der Waals surface area contributed by atoms with Crippen molar-refractivity contribution in [2.24, 2.45) is 0 Å². The van der Waals surface area contributed by atoms with E-state index in [4.69, 9.17) is 14.2 Å². The van der Waals surface area contributed by atoms with Gasteiger partial charge in [0.25, 0.3) is 0 Å². The number of benzene rings is 1. The summed E-state index contributed by atoms with van der Waals surface area (Å²) in [5.74, 6) is 1.85. The molecule has 0 amide bonds. The van der Waals surface area contributed by atoms with Gasteiger partial charge in [-0.2, -0.15) is 0 Å². The molecule has 1 aromatic carbocycles. The quantitative estimate of drug-likeness (QED) is 0.423. The van der Waals surface area contributed by atoms with Crippen LogP contribution in [0.4, 0.5) is 0 Å². The van der Waals surface area contributed by atoms with Gasteiger partial charge < -0.3 is 14.2 Å². The van der Waals surface area contributed by atoms with Gasteiger partial charge >= 0.3 is 0 Å². The topological polar surface area (TPSA) is 27.7 Å². The van der Waals surface area contributed by atoms with Crippen molar-refractivity contribution in [1.82, 2.24) is 0 Å². The maximum absolute atomic E-state index is 5.96. The minimum atomic E-state index is -0.101. The summed E-state index contributed by atoms with van der Waals surface area (Å²) in [5, 5.41) is 0. The third kappa shape index (κ3) is 6.39. The molecule has 1 aromatic rings. The van der Waals surface area contributed by atoms with Crippen molar-refractivity contribution in [3.05, 3.63) is 35.4 Å². The smallest absolute Gasteiger partial charge is 0.127 e. The Kier molecular flexibility index (Phi) is 6.56. The molecule has 0 atom stereocenters. The van der Waals surface area contributed by atoms with Crippen LogP contribution in [0, 0.1) is 0 Å². The first-order valence-corrected chi connectivity index (χ1v) is 9.45. The highest BCUT2D eigenvalue weighted by atomic mass is 16.5. The number of rotatable bonds is 9. The molecule has 0 aliphatic carbocycles. The first kappa shape index (κ1) is 19.8. The predicted octanol–water partition coefficient (Wildman–Crippen LogP) is 5.71. The Morgan fingerprint density at radius 3 is 2.80 bits per heavy atom. The molecule has 25 heavy (non-hydrogen) atoms. The number of fused-ring (bicyclic) bond motifs is 1. The van der Waals surface area contributed by atoms with Gasteiger partial charge in [-0.1, -0.05) is 17.7 Å². The zero-order chi connectivity index (χ0) is 18.5. The fraction of sp³-hybridized carbons (Fsp3) is 0.636. The molecule has 0 spiro atoms. The van der Waals surface area contributed by atoms with Gasteiger partial charge in [-0.25, -0.2) is 0 Å². The highest BCUT2D eigenvalue weighted by Gasteiger charge is 2.30. The fourth-order valence-corrected chi connectivity index (χ4v) is 3.20. The van der Waals surface area contributed by atoms with Gasteiger partial charge in [0.1, 0.15) is 17.1 Å².